The molecule has 0 unspecified atom stereocenters. The summed E-state index contributed by atoms with van der Waals surface area (Å²) in [5.74, 6) is -0.662. The summed E-state index contributed by atoms with van der Waals surface area (Å²) in [4.78, 5) is 37.0. The molecule has 1 aromatic carbocycles. The number of hydrogen-bond donors (Lipinski definition) is 2. The van der Waals surface area contributed by atoms with Gasteiger partial charge in [-0.3, -0.25) is 4.79 Å². The van der Waals surface area contributed by atoms with Crippen LogP contribution in [0.5, 0.6) is 0 Å². The van der Waals surface area contributed by atoms with Gasteiger partial charge in [-0.2, -0.15) is 0 Å². The van der Waals surface area contributed by atoms with E-state index in [0.29, 0.717) is 19.4 Å². The number of ether oxygens (including phenoxy) is 2. The fourth-order valence-electron chi connectivity index (χ4n) is 3.14. The molecule has 0 aliphatic carbocycles. The lowest BCUT2D eigenvalue weighted by molar-refractivity contribution is -0.151. The van der Waals surface area contributed by atoms with E-state index >= 15 is 0 Å². The molecular formula is C20H28N2O6. The maximum absolute atomic E-state index is 12.3. The van der Waals surface area contributed by atoms with E-state index in [1.165, 1.54) is 12.0 Å². The van der Waals surface area contributed by atoms with E-state index < -0.39 is 24.2 Å². The van der Waals surface area contributed by atoms with E-state index in [4.69, 9.17) is 9.47 Å². The number of benzene rings is 1. The molecule has 1 fully saturated rings. The van der Waals surface area contributed by atoms with Gasteiger partial charge in [0.05, 0.1) is 13.2 Å². The van der Waals surface area contributed by atoms with E-state index in [-0.39, 0.29) is 25.5 Å². The number of hydrogen-bond acceptors (Lipinski definition) is 6. The van der Waals surface area contributed by atoms with Crippen molar-refractivity contribution < 1.29 is 29.0 Å². The molecule has 2 rings (SSSR count). The molecule has 1 aliphatic heterocycles. The second-order valence-corrected chi connectivity index (χ2v) is 6.77. The lowest BCUT2D eigenvalue weighted by Crippen LogP contribution is -2.41. The molecule has 2 atom stereocenters. The van der Waals surface area contributed by atoms with E-state index in [1.807, 2.05) is 30.3 Å². The van der Waals surface area contributed by atoms with E-state index in [9.17, 15) is 19.5 Å². The van der Waals surface area contributed by atoms with Crippen LogP contribution in [0.4, 0.5) is 4.79 Å². The number of nitrogens with zero attached hydrogens (tertiary/aromatic N) is 1. The summed E-state index contributed by atoms with van der Waals surface area (Å²) >= 11 is 0. The third-order valence-corrected chi connectivity index (χ3v) is 4.62. The Bertz CT molecular complexity index is 651. The molecule has 1 heterocycles. The molecule has 0 saturated carbocycles. The number of amides is 2. The Labute approximate surface area is 164 Å². The Kier molecular flexibility index (Phi) is 8.74. The van der Waals surface area contributed by atoms with Crippen LogP contribution in [0, 0.1) is 0 Å². The number of carbonyl (C=O) groups excluding carboxylic acids is 3. The van der Waals surface area contributed by atoms with Crippen molar-refractivity contribution in [2.75, 3.05) is 20.2 Å². The highest BCUT2D eigenvalue weighted by Crippen LogP contribution is 2.20. The zero-order valence-electron chi connectivity index (χ0n) is 16.1. The normalized spacial score (nSPS) is 18.6. The molecule has 8 heteroatoms. The number of methoxy groups -OCH3 is 1. The van der Waals surface area contributed by atoms with Crippen LogP contribution in [0.3, 0.4) is 0 Å². The zero-order chi connectivity index (χ0) is 20.4. The summed E-state index contributed by atoms with van der Waals surface area (Å²) in [7, 11) is 1.27. The van der Waals surface area contributed by atoms with Crippen molar-refractivity contribution in [3.8, 4) is 0 Å². The molecule has 1 aromatic rings. The minimum atomic E-state index is -0.700. The molecule has 28 heavy (non-hydrogen) atoms. The first-order valence-electron chi connectivity index (χ1n) is 9.51. The number of unbranched alkanes of at least 4 members (excludes halogenated alkanes) is 2. The third-order valence-electron chi connectivity index (χ3n) is 4.62. The van der Waals surface area contributed by atoms with Crippen molar-refractivity contribution >= 4 is 18.0 Å². The zero-order valence-corrected chi connectivity index (χ0v) is 16.1. The molecular weight excluding hydrogens is 364 g/mol. The minimum Gasteiger partial charge on any atom is -0.467 e. The predicted octanol–water partition coefficient (Wildman–Crippen LogP) is 1.61. The lowest BCUT2D eigenvalue weighted by Gasteiger charge is -2.22. The molecule has 0 bridgehead atoms. The maximum atomic E-state index is 12.3. The highest BCUT2D eigenvalue weighted by Gasteiger charge is 2.39. The van der Waals surface area contributed by atoms with Crippen LogP contribution >= 0.6 is 0 Å². The summed E-state index contributed by atoms with van der Waals surface area (Å²) in [5, 5.41) is 12.4. The van der Waals surface area contributed by atoms with E-state index in [0.717, 1.165) is 18.4 Å². The maximum Gasteiger partial charge on any atom is 0.407 e. The first-order chi connectivity index (χ1) is 13.5. The van der Waals surface area contributed by atoms with E-state index in [1.54, 1.807) is 0 Å². The molecule has 0 spiro atoms. The summed E-state index contributed by atoms with van der Waals surface area (Å²) in [6.07, 6.45) is 1.46. The topological polar surface area (TPSA) is 105 Å². The van der Waals surface area contributed by atoms with Crippen molar-refractivity contribution in [3.05, 3.63) is 35.9 Å². The summed E-state index contributed by atoms with van der Waals surface area (Å²) in [6, 6.07) is 8.73. The van der Waals surface area contributed by atoms with Gasteiger partial charge in [0.15, 0.2) is 0 Å². The van der Waals surface area contributed by atoms with Crippen LogP contribution in [-0.4, -0.2) is 60.3 Å². The monoisotopic (exact) mass is 392 g/mol. The summed E-state index contributed by atoms with van der Waals surface area (Å²) in [5.41, 5.74) is 0.924. The van der Waals surface area contributed by atoms with Crippen molar-refractivity contribution in [3.63, 3.8) is 0 Å². The second-order valence-electron chi connectivity index (χ2n) is 6.77. The van der Waals surface area contributed by atoms with Crippen molar-refractivity contribution in [2.45, 2.75) is 50.9 Å². The number of β-amino-alcohol motifs (C(OH)–C–C–N with tert-alkyl or cyclic N) is 1. The molecule has 1 saturated heterocycles. The third kappa shape index (κ3) is 6.84. The largest absolute Gasteiger partial charge is 0.467 e. The van der Waals surface area contributed by atoms with Gasteiger partial charge in [0.25, 0.3) is 0 Å². The number of likely N-dealkylation sites (tertiary alicyclic amines) is 1. The van der Waals surface area contributed by atoms with Gasteiger partial charge < -0.3 is 24.8 Å². The van der Waals surface area contributed by atoms with E-state index in [2.05, 4.69) is 5.32 Å². The number of carbonyl (C=O) groups is 3. The predicted molar refractivity (Wildman–Crippen MR) is 101 cm³/mol. The second kappa shape index (κ2) is 11.3. The van der Waals surface area contributed by atoms with Gasteiger partial charge in [0, 0.05) is 25.9 Å². The number of nitrogens with one attached hydrogen (secondary N) is 1. The molecule has 0 radical (unpaired) electrons. The fourth-order valence-corrected chi connectivity index (χ4v) is 3.14. The number of aliphatic hydroxyl groups is 1. The van der Waals surface area contributed by atoms with Gasteiger partial charge in [-0.05, 0) is 18.4 Å². The SMILES string of the molecule is COC(=O)[C@@H]1C[C@@H](O)CN1C(=O)CCCCCNC(=O)OCc1ccccc1. The Morgan fingerprint density at radius 2 is 1.93 bits per heavy atom. The molecule has 8 nitrogen and oxygen atoms in total. The van der Waals surface area contributed by atoms with Gasteiger partial charge in [-0.1, -0.05) is 36.8 Å². The van der Waals surface area contributed by atoms with Gasteiger partial charge in [-0.25, -0.2) is 9.59 Å². The quantitative estimate of drug-likeness (QED) is 0.489. The molecule has 154 valence electrons. The Morgan fingerprint density at radius 1 is 1.18 bits per heavy atom. The average molecular weight is 392 g/mol. The van der Waals surface area contributed by atoms with Crippen LogP contribution in [-0.2, 0) is 25.7 Å². The Hall–Kier alpha value is -2.61. The smallest absolute Gasteiger partial charge is 0.407 e. The minimum absolute atomic E-state index is 0.160. The van der Waals surface area contributed by atoms with Gasteiger partial charge in [-0.15, -0.1) is 0 Å². The number of alkyl carbamates (subject to hydrolysis) is 1. The molecule has 1 aliphatic rings. The molecule has 2 N–H and O–H groups in total. The van der Waals surface area contributed by atoms with Crippen LogP contribution in [0.2, 0.25) is 0 Å². The van der Waals surface area contributed by atoms with Gasteiger partial charge in [0.1, 0.15) is 12.6 Å². The summed E-state index contributed by atoms with van der Waals surface area (Å²) < 4.78 is 9.81. The number of esters is 1. The first kappa shape index (κ1) is 21.7. The molecule has 0 aromatic heterocycles. The number of rotatable bonds is 9. The van der Waals surface area contributed by atoms with Crippen LogP contribution in [0.25, 0.3) is 0 Å². The number of aliphatic hydroxyl groups excluding tert-OH is 1. The van der Waals surface area contributed by atoms with Crippen LogP contribution in [0.1, 0.15) is 37.7 Å². The Balaban J connectivity index is 1.56. The first-order valence-corrected chi connectivity index (χ1v) is 9.51. The fraction of sp³-hybridized carbons (Fsp3) is 0.550. The highest BCUT2D eigenvalue weighted by atomic mass is 16.5. The van der Waals surface area contributed by atoms with Crippen molar-refractivity contribution in [2.24, 2.45) is 0 Å². The molecule has 2 amide bonds. The van der Waals surface area contributed by atoms with Crippen LogP contribution in [0.15, 0.2) is 30.3 Å². The highest BCUT2D eigenvalue weighted by molar-refractivity contribution is 5.85. The summed E-state index contributed by atoms with van der Waals surface area (Å²) in [6.45, 7) is 0.854. The standard InChI is InChI=1S/C20H28N2O6/c1-27-19(25)17-12-16(23)13-22(17)18(24)10-6-3-7-11-21-20(26)28-14-15-8-4-2-5-9-15/h2,4-5,8-9,16-17,23H,3,6-7,10-14H2,1H3,(H,21,26)/t16-,17+/m1/s1. The van der Waals surface area contributed by atoms with Crippen LogP contribution < -0.4 is 5.32 Å². The van der Waals surface area contributed by atoms with Crippen molar-refractivity contribution in [1.82, 2.24) is 10.2 Å². The average Bonchev–Trinajstić information content (AvgIpc) is 3.10. The lowest BCUT2D eigenvalue weighted by atomic mass is 10.1. The van der Waals surface area contributed by atoms with Crippen molar-refractivity contribution in [1.29, 1.82) is 0 Å². The van der Waals surface area contributed by atoms with Gasteiger partial charge >= 0.3 is 12.1 Å². The van der Waals surface area contributed by atoms with Gasteiger partial charge in [0.2, 0.25) is 5.91 Å². The Morgan fingerprint density at radius 3 is 2.64 bits per heavy atom.